The summed E-state index contributed by atoms with van der Waals surface area (Å²) in [5.74, 6) is -0.295. The molecular weight excluding hydrogens is 470 g/mol. The van der Waals surface area contributed by atoms with Crippen molar-refractivity contribution in [2.75, 3.05) is 13.7 Å². The zero-order valence-corrected chi connectivity index (χ0v) is 22.0. The predicted octanol–water partition coefficient (Wildman–Crippen LogP) is 5.42. The van der Waals surface area contributed by atoms with Crippen LogP contribution in [0.25, 0.3) is 0 Å². The minimum atomic E-state index is -0.392. The van der Waals surface area contributed by atoms with Crippen molar-refractivity contribution in [2.24, 2.45) is 4.99 Å². The molecule has 0 aliphatic carbocycles. The first-order valence-corrected chi connectivity index (χ1v) is 13.3. The Balaban J connectivity index is 1.49. The van der Waals surface area contributed by atoms with Gasteiger partial charge in [-0.1, -0.05) is 66.7 Å². The standard InChI is InChI=1S/C29H31N3O3S/c1-5-24-26(28(34)35-4)27(23-11-10-18(2)14-19(23)3)32-22(17-36-29(32)30-24)15-25(33)31-13-12-20-8-6-7-9-21(20)16-31/h6-11,14,17,27H,5,12-13,15-16H2,1-4H3. The minimum Gasteiger partial charge on any atom is -0.466 e. The van der Waals surface area contributed by atoms with E-state index in [-0.39, 0.29) is 18.3 Å². The monoisotopic (exact) mass is 501 g/mol. The van der Waals surface area contributed by atoms with Crippen molar-refractivity contribution in [3.63, 3.8) is 0 Å². The molecule has 36 heavy (non-hydrogen) atoms. The highest BCUT2D eigenvalue weighted by Crippen LogP contribution is 2.46. The van der Waals surface area contributed by atoms with E-state index in [9.17, 15) is 9.59 Å². The summed E-state index contributed by atoms with van der Waals surface area (Å²) in [6.07, 6.45) is 1.74. The van der Waals surface area contributed by atoms with Crippen LogP contribution in [0.2, 0.25) is 0 Å². The van der Waals surface area contributed by atoms with Crippen LogP contribution in [-0.4, -0.2) is 40.5 Å². The molecule has 1 atom stereocenters. The van der Waals surface area contributed by atoms with E-state index >= 15 is 0 Å². The molecule has 0 radical (unpaired) electrons. The lowest BCUT2D eigenvalue weighted by atomic mass is 9.89. The SMILES string of the molecule is CCC1=C(C(=O)OC)C(c2ccc(C)cc2C)N2C(CC(=O)N3CCc4ccccc4C3)=CSC2=N1. The van der Waals surface area contributed by atoms with E-state index in [1.807, 2.05) is 23.3 Å². The van der Waals surface area contributed by atoms with Crippen molar-refractivity contribution in [2.45, 2.75) is 52.6 Å². The molecule has 0 saturated carbocycles. The van der Waals surface area contributed by atoms with E-state index in [0.29, 0.717) is 25.1 Å². The van der Waals surface area contributed by atoms with Crippen LogP contribution in [0.5, 0.6) is 0 Å². The lowest BCUT2D eigenvalue weighted by molar-refractivity contribution is -0.136. The molecule has 2 aromatic carbocycles. The number of methoxy groups -OCH3 is 1. The summed E-state index contributed by atoms with van der Waals surface area (Å²) in [4.78, 5) is 35.4. The third kappa shape index (κ3) is 4.37. The number of ether oxygens (including phenoxy) is 1. The second-order valence-electron chi connectivity index (χ2n) is 9.47. The van der Waals surface area contributed by atoms with Crippen molar-refractivity contribution in [3.05, 3.63) is 92.7 Å². The van der Waals surface area contributed by atoms with Gasteiger partial charge in [-0.2, -0.15) is 0 Å². The smallest absolute Gasteiger partial charge is 0.338 e. The number of nitrogens with zero attached hydrogens (tertiary/aromatic N) is 3. The second kappa shape index (κ2) is 9.97. The number of benzene rings is 2. The highest BCUT2D eigenvalue weighted by molar-refractivity contribution is 8.16. The Hall–Kier alpha value is -3.32. The number of amidine groups is 1. The Morgan fingerprint density at radius 2 is 1.92 bits per heavy atom. The summed E-state index contributed by atoms with van der Waals surface area (Å²) in [7, 11) is 1.41. The largest absolute Gasteiger partial charge is 0.466 e. The minimum absolute atomic E-state index is 0.0851. The average Bonchev–Trinajstić information content (AvgIpc) is 3.29. The number of aliphatic imine (C=N–C) groups is 1. The van der Waals surface area contributed by atoms with E-state index in [2.05, 4.69) is 55.1 Å². The van der Waals surface area contributed by atoms with Crippen LogP contribution in [0.4, 0.5) is 0 Å². The fraction of sp³-hybridized carbons (Fsp3) is 0.345. The normalized spacial score (nSPS) is 18.9. The van der Waals surface area contributed by atoms with Gasteiger partial charge in [0.1, 0.15) is 0 Å². The molecule has 6 nitrogen and oxygen atoms in total. The van der Waals surface area contributed by atoms with Crippen molar-refractivity contribution >= 4 is 28.8 Å². The van der Waals surface area contributed by atoms with Crippen LogP contribution in [0.3, 0.4) is 0 Å². The fourth-order valence-electron chi connectivity index (χ4n) is 5.31. The Kier molecular flexibility index (Phi) is 6.75. The van der Waals surface area contributed by atoms with E-state index in [1.54, 1.807) is 0 Å². The Labute approximate surface area is 216 Å². The number of amides is 1. The molecule has 0 bridgehead atoms. The van der Waals surface area contributed by atoms with Gasteiger partial charge in [-0.3, -0.25) is 4.79 Å². The van der Waals surface area contributed by atoms with E-state index in [1.165, 1.54) is 30.0 Å². The molecule has 0 spiro atoms. The number of carbonyl (C=O) groups is 2. The number of hydrogen-bond donors (Lipinski definition) is 0. The number of hydrogen-bond acceptors (Lipinski definition) is 6. The Bertz CT molecular complexity index is 1330. The van der Waals surface area contributed by atoms with Gasteiger partial charge in [0, 0.05) is 18.8 Å². The van der Waals surface area contributed by atoms with E-state index in [0.717, 1.165) is 39.7 Å². The summed E-state index contributed by atoms with van der Waals surface area (Å²) < 4.78 is 5.24. The molecule has 1 unspecified atom stereocenters. The number of fused-ring (bicyclic) bond motifs is 2. The highest BCUT2D eigenvalue weighted by atomic mass is 32.2. The van der Waals surface area contributed by atoms with Gasteiger partial charge in [-0.05, 0) is 54.4 Å². The molecular formula is C29H31N3O3S. The molecule has 0 aromatic heterocycles. The third-order valence-electron chi connectivity index (χ3n) is 7.16. The molecule has 1 amide bonds. The van der Waals surface area contributed by atoms with E-state index < -0.39 is 6.04 Å². The van der Waals surface area contributed by atoms with Crippen molar-refractivity contribution in [1.29, 1.82) is 0 Å². The third-order valence-corrected chi connectivity index (χ3v) is 8.05. The number of allylic oxidation sites excluding steroid dienone is 1. The van der Waals surface area contributed by atoms with Gasteiger partial charge in [-0.15, -0.1) is 0 Å². The van der Waals surface area contributed by atoms with Gasteiger partial charge in [0.15, 0.2) is 5.17 Å². The maximum Gasteiger partial charge on any atom is 0.338 e. The van der Waals surface area contributed by atoms with Crippen molar-refractivity contribution in [3.8, 4) is 0 Å². The second-order valence-corrected chi connectivity index (χ2v) is 10.3. The van der Waals surface area contributed by atoms with Crippen LogP contribution >= 0.6 is 11.8 Å². The maximum atomic E-state index is 13.5. The maximum absolute atomic E-state index is 13.5. The summed E-state index contributed by atoms with van der Waals surface area (Å²) in [6, 6.07) is 14.2. The Morgan fingerprint density at radius 1 is 1.14 bits per heavy atom. The number of rotatable bonds is 5. The van der Waals surface area contributed by atoms with Crippen LogP contribution in [-0.2, 0) is 27.3 Å². The van der Waals surface area contributed by atoms with Gasteiger partial charge in [-0.25, -0.2) is 9.79 Å². The lowest BCUT2D eigenvalue weighted by Crippen LogP contribution is -2.40. The van der Waals surface area contributed by atoms with Crippen molar-refractivity contribution < 1.29 is 14.3 Å². The zero-order valence-electron chi connectivity index (χ0n) is 21.2. The van der Waals surface area contributed by atoms with Crippen LogP contribution in [0.15, 0.2) is 69.8 Å². The van der Waals surface area contributed by atoms with Crippen LogP contribution < -0.4 is 0 Å². The summed E-state index contributed by atoms with van der Waals surface area (Å²) >= 11 is 1.52. The molecule has 3 aliphatic heterocycles. The Morgan fingerprint density at radius 3 is 2.64 bits per heavy atom. The van der Waals surface area contributed by atoms with Crippen molar-refractivity contribution in [1.82, 2.24) is 9.80 Å². The summed E-state index contributed by atoms with van der Waals surface area (Å²) in [6.45, 7) is 7.47. The first-order chi connectivity index (χ1) is 17.4. The van der Waals surface area contributed by atoms with Gasteiger partial charge in [0.2, 0.25) is 5.91 Å². The molecule has 3 heterocycles. The lowest BCUT2D eigenvalue weighted by Gasteiger charge is -2.38. The molecule has 0 saturated heterocycles. The highest BCUT2D eigenvalue weighted by Gasteiger charge is 2.42. The number of aryl methyl sites for hydroxylation is 2. The fourth-order valence-corrected chi connectivity index (χ4v) is 6.25. The average molecular weight is 502 g/mol. The molecule has 0 N–H and O–H groups in total. The van der Waals surface area contributed by atoms with Crippen LogP contribution in [0, 0.1) is 13.8 Å². The van der Waals surface area contributed by atoms with Gasteiger partial charge < -0.3 is 14.5 Å². The van der Waals surface area contributed by atoms with Gasteiger partial charge >= 0.3 is 5.97 Å². The summed E-state index contributed by atoms with van der Waals surface area (Å²) in [5, 5.41) is 2.81. The molecule has 2 aromatic rings. The predicted molar refractivity (Wildman–Crippen MR) is 143 cm³/mol. The van der Waals surface area contributed by atoms with Crippen LogP contribution in [0.1, 0.15) is 53.6 Å². The molecule has 5 rings (SSSR count). The van der Waals surface area contributed by atoms with E-state index in [4.69, 9.17) is 9.73 Å². The molecule has 7 heteroatoms. The molecule has 186 valence electrons. The first kappa shape index (κ1) is 24.4. The topological polar surface area (TPSA) is 62.2 Å². The number of thioether (sulfide) groups is 1. The first-order valence-electron chi connectivity index (χ1n) is 12.4. The van der Waals surface area contributed by atoms with Gasteiger partial charge in [0.05, 0.1) is 30.8 Å². The zero-order chi connectivity index (χ0) is 25.4. The van der Waals surface area contributed by atoms with Gasteiger partial charge in [0.25, 0.3) is 0 Å². The number of carbonyl (C=O) groups excluding carboxylic acids is 2. The quantitative estimate of drug-likeness (QED) is 0.512. The number of esters is 1. The molecule has 3 aliphatic rings. The molecule has 0 fully saturated rings. The summed E-state index contributed by atoms with van der Waals surface area (Å²) in [5.41, 5.74) is 7.95.